The Labute approximate surface area is 290 Å². The molecular weight excluding hydrogens is 668 g/mol. The van der Waals surface area contributed by atoms with Crippen LogP contribution >= 0.6 is 11.3 Å². The minimum absolute atomic E-state index is 0.0682. The number of carbonyl (C=O) groups excluding carboxylic acids is 1. The summed E-state index contributed by atoms with van der Waals surface area (Å²) in [6, 6.07) is 16.2. The van der Waals surface area contributed by atoms with E-state index in [1.165, 1.54) is 12.4 Å². The molecule has 0 saturated carbocycles. The van der Waals surface area contributed by atoms with Gasteiger partial charge in [0.25, 0.3) is 0 Å². The van der Waals surface area contributed by atoms with Gasteiger partial charge in [-0.25, -0.2) is 9.97 Å². The molecule has 0 radical (unpaired) electrons. The molecule has 14 heteroatoms. The van der Waals surface area contributed by atoms with Crippen molar-refractivity contribution in [1.82, 2.24) is 19.4 Å². The summed E-state index contributed by atoms with van der Waals surface area (Å²) in [5.41, 5.74) is 2.48. The van der Waals surface area contributed by atoms with E-state index in [9.17, 15) is 33.4 Å². The molecule has 0 bridgehead atoms. The Hall–Kier alpha value is -4.81. The van der Waals surface area contributed by atoms with Gasteiger partial charge in [0, 0.05) is 47.1 Å². The lowest BCUT2D eigenvalue weighted by Crippen LogP contribution is -2.39. The van der Waals surface area contributed by atoms with Crippen LogP contribution in [0.2, 0.25) is 0 Å². The Morgan fingerprint density at radius 3 is 2.54 bits per heavy atom. The van der Waals surface area contributed by atoms with E-state index in [2.05, 4.69) is 38.1 Å². The molecule has 1 unspecified atom stereocenters. The first-order chi connectivity index (χ1) is 23.9. The monoisotopic (exact) mass is 703 g/mol. The first kappa shape index (κ1) is 35.0. The van der Waals surface area contributed by atoms with Crippen molar-refractivity contribution in [3.8, 4) is 6.07 Å². The van der Waals surface area contributed by atoms with Crippen LogP contribution in [0.25, 0.3) is 21.1 Å². The fourth-order valence-electron chi connectivity index (χ4n) is 6.48. The second kappa shape index (κ2) is 14.2. The average molecular weight is 704 g/mol. The molecule has 3 aromatic heterocycles. The van der Waals surface area contributed by atoms with Crippen LogP contribution in [0, 0.1) is 18.3 Å². The Kier molecular flexibility index (Phi) is 9.95. The largest absolute Gasteiger partial charge is 0.393 e. The molecule has 6 rings (SSSR count). The summed E-state index contributed by atoms with van der Waals surface area (Å²) in [6.45, 7) is 7.09. The predicted octanol–water partition coefficient (Wildman–Crippen LogP) is 6.01. The Balaban J connectivity index is 1.13. The predicted molar refractivity (Wildman–Crippen MR) is 187 cm³/mol. The number of fused-ring (bicyclic) bond motifs is 2. The summed E-state index contributed by atoms with van der Waals surface area (Å²) < 4.78 is 40.6. The third-order valence-corrected chi connectivity index (χ3v) is 10.3. The number of rotatable bonds is 11. The number of carbonyl (C=O) groups is 1. The Morgan fingerprint density at radius 1 is 1.14 bits per heavy atom. The van der Waals surface area contributed by atoms with Crippen molar-refractivity contribution in [2.45, 2.75) is 57.1 Å². The van der Waals surface area contributed by atoms with Crippen molar-refractivity contribution in [1.29, 1.82) is 5.26 Å². The molecule has 1 atom stereocenters. The Morgan fingerprint density at radius 2 is 1.88 bits per heavy atom. The van der Waals surface area contributed by atoms with Gasteiger partial charge in [-0.15, -0.1) is 11.3 Å². The molecule has 1 aliphatic rings. The summed E-state index contributed by atoms with van der Waals surface area (Å²) in [4.78, 5) is 23.2. The van der Waals surface area contributed by atoms with Crippen LogP contribution < -0.4 is 10.6 Å². The molecular formula is C36H36F3N7O3S. The van der Waals surface area contributed by atoms with E-state index in [1.54, 1.807) is 28.8 Å². The third kappa shape index (κ3) is 7.51. The molecule has 260 valence electrons. The van der Waals surface area contributed by atoms with Crippen molar-refractivity contribution in [3.05, 3.63) is 94.8 Å². The van der Waals surface area contributed by atoms with Gasteiger partial charge in [0.2, 0.25) is 5.91 Å². The van der Waals surface area contributed by atoms with Gasteiger partial charge in [0.05, 0.1) is 25.0 Å². The van der Waals surface area contributed by atoms with E-state index in [0.29, 0.717) is 39.5 Å². The zero-order chi connectivity index (χ0) is 35.6. The number of nitrogens with zero attached hydrogens (tertiary/aromatic N) is 5. The van der Waals surface area contributed by atoms with Crippen molar-refractivity contribution < 1.29 is 28.2 Å². The average Bonchev–Trinajstić information content (AvgIpc) is 3.67. The smallest absolute Gasteiger partial charge is 0.393 e. The van der Waals surface area contributed by atoms with E-state index in [-0.39, 0.29) is 23.4 Å². The van der Waals surface area contributed by atoms with Crippen molar-refractivity contribution in [3.63, 3.8) is 0 Å². The lowest BCUT2D eigenvalue weighted by molar-refractivity contribution is -0.126. The lowest BCUT2D eigenvalue weighted by Gasteiger charge is -2.33. The molecule has 50 heavy (non-hydrogen) atoms. The number of halogens is 3. The third-order valence-electron chi connectivity index (χ3n) is 9.22. The summed E-state index contributed by atoms with van der Waals surface area (Å²) in [5, 5.41) is 39.5. The molecule has 2 aromatic carbocycles. The van der Waals surface area contributed by atoms with Gasteiger partial charge in [-0.1, -0.05) is 24.8 Å². The maximum absolute atomic E-state index is 13.0. The SMILES string of the molecule is C=CC(=O)Nc1ccc(C(O)(CO)Cn2c(C#N)cc3c(C)c(CN4CCC(Nc5ncnc6sc(CC(F)(F)F)cc56)CC4)ccc32)cc1. The summed E-state index contributed by atoms with van der Waals surface area (Å²) in [6.07, 6.45) is -1.09. The number of likely N-dealkylation sites (tertiary alicyclic amines) is 1. The van der Waals surface area contributed by atoms with E-state index >= 15 is 0 Å². The van der Waals surface area contributed by atoms with Crippen LogP contribution in [0.3, 0.4) is 0 Å². The van der Waals surface area contributed by atoms with Crippen LogP contribution in [-0.2, 0) is 29.9 Å². The summed E-state index contributed by atoms with van der Waals surface area (Å²) >= 11 is 1.04. The highest BCUT2D eigenvalue weighted by Crippen LogP contribution is 2.34. The number of anilines is 2. The molecule has 1 amide bonds. The maximum atomic E-state index is 13.0. The van der Waals surface area contributed by atoms with Crippen molar-refractivity contribution in [2.75, 3.05) is 30.3 Å². The van der Waals surface area contributed by atoms with E-state index in [0.717, 1.165) is 65.4 Å². The van der Waals surface area contributed by atoms with Gasteiger partial charge in [0.1, 0.15) is 34.3 Å². The second-order valence-electron chi connectivity index (χ2n) is 12.6. The number of hydrogen-bond acceptors (Lipinski definition) is 9. The van der Waals surface area contributed by atoms with Crippen LogP contribution in [0.1, 0.15) is 40.1 Å². The van der Waals surface area contributed by atoms with Gasteiger partial charge in [-0.3, -0.25) is 9.69 Å². The van der Waals surface area contributed by atoms with Crippen LogP contribution in [0.5, 0.6) is 0 Å². The number of nitriles is 1. The number of nitrogens with one attached hydrogen (secondary N) is 2. The van der Waals surface area contributed by atoms with Crippen LogP contribution in [0.4, 0.5) is 24.7 Å². The van der Waals surface area contributed by atoms with E-state index < -0.39 is 24.8 Å². The highest BCUT2D eigenvalue weighted by molar-refractivity contribution is 7.18. The molecule has 1 fully saturated rings. The molecule has 0 spiro atoms. The quantitative estimate of drug-likeness (QED) is 0.123. The molecule has 1 saturated heterocycles. The van der Waals surface area contributed by atoms with Gasteiger partial charge in [-0.2, -0.15) is 18.4 Å². The normalized spacial score (nSPS) is 15.5. The number of aliphatic hydroxyl groups is 2. The number of thiophene rings is 1. The van der Waals surface area contributed by atoms with Crippen molar-refractivity contribution in [2.24, 2.45) is 0 Å². The number of amides is 1. The molecule has 4 heterocycles. The maximum Gasteiger partial charge on any atom is 0.393 e. The first-order valence-corrected chi connectivity index (χ1v) is 16.9. The molecule has 5 aromatic rings. The summed E-state index contributed by atoms with van der Waals surface area (Å²) in [7, 11) is 0. The lowest BCUT2D eigenvalue weighted by atomic mass is 9.94. The van der Waals surface area contributed by atoms with Gasteiger partial charge in [0.15, 0.2) is 0 Å². The van der Waals surface area contributed by atoms with E-state index in [1.807, 2.05) is 25.1 Å². The number of aromatic nitrogens is 3. The fraction of sp³-hybridized carbons (Fsp3) is 0.333. The van der Waals surface area contributed by atoms with E-state index in [4.69, 9.17) is 0 Å². The van der Waals surface area contributed by atoms with Gasteiger partial charge < -0.3 is 25.4 Å². The zero-order valence-corrected chi connectivity index (χ0v) is 28.1. The standard InChI is InChI=1S/C36H36F3N7O3S/c1-3-32(48)43-25-7-5-24(6-8-25)35(49,20-47)19-46-27(17-40)14-29-22(2)23(4-9-31(29)46)18-45-12-10-26(11-13-45)44-33-30-15-28(16-36(37,38)39)50-34(30)42-21-41-33/h3-9,14-15,21,26,47,49H,1,10-13,16,18-20H2,2H3,(H,43,48)(H,41,42,44). The van der Waals surface area contributed by atoms with Gasteiger partial charge in [-0.05, 0) is 72.9 Å². The number of piperidine rings is 1. The highest BCUT2D eigenvalue weighted by atomic mass is 32.1. The topological polar surface area (TPSA) is 139 Å². The molecule has 1 aliphatic heterocycles. The fourth-order valence-corrected chi connectivity index (χ4v) is 7.51. The minimum Gasteiger partial charge on any atom is -0.393 e. The zero-order valence-electron chi connectivity index (χ0n) is 27.3. The first-order valence-electron chi connectivity index (χ1n) is 16.1. The molecule has 0 aliphatic carbocycles. The van der Waals surface area contributed by atoms with Crippen LogP contribution in [-0.4, -0.2) is 67.5 Å². The Bertz CT molecular complexity index is 2080. The minimum atomic E-state index is -4.28. The molecule has 10 nitrogen and oxygen atoms in total. The second-order valence-corrected chi connectivity index (χ2v) is 13.7. The highest BCUT2D eigenvalue weighted by Gasteiger charge is 2.32. The van der Waals surface area contributed by atoms with Gasteiger partial charge >= 0.3 is 6.18 Å². The number of benzene rings is 2. The number of alkyl halides is 3. The summed E-state index contributed by atoms with van der Waals surface area (Å²) in [5.74, 6) is 0.188. The number of aryl methyl sites for hydroxylation is 1. The van der Waals surface area contributed by atoms with Crippen LogP contribution in [0.15, 0.2) is 67.5 Å². The molecule has 4 N–H and O–H groups in total. The van der Waals surface area contributed by atoms with Crippen molar-refractivity contribution >= 4 is 49.9 Å². The number of hydrogen-bond donors (Lipinski definition) is 4. The number of aliphatic hydroxyl groups excluding tert-OH is 1.